The highest BCUT2D eigenvalue weighted by molar-refractivity contribution is 7.92. The summed E-state index contributed by atoms with van der Waals surface area (Å²) >= 11 is 0. The Kier molecular flexibility index (Phi) is 7.86. The quantitative estimate of drug-likeness (QED) is 0.611. The summed E-state index contributed by atoms with van der Waals surface area (Å²) in [5.41, 5.74) is 5.44. The number of carbonyl (C=O) groups is 1. The van der Waals surface area contributed by atoms with E-state index in [1.165, 1.54) is 12.5 Å². The summed E-state index contributed by atoms with van der Waals surface area (Å²) in [4.78, 5) is 15.7. The number of rotatable bonds is 7. The van der Waals surface area contributed by atoms with Crippen molar-refractivity contribution in [1.29, 1.82) is 0 Å². The van der Waals surface area contributed by atoms with Crippen LogP contribution < -0.4 is 4.90 Å². The van der Waals surface area contributed by atoms with E-state index in [0.717, 1.165) is 41.6 Å². The Hall–Kier alpha value is -3.08. The molecule has 1 unspecified atom stereocenters. The Bertz CT molecular complexity index is 1220. The van der Waals surface area contributed by atoms with E-state index >= 15 is 0 Å². The van der Waals surface area contributed by atoms with Gasteiger partial charge < -0.3 is 10.0 Å². The van der Waals surface area contributed by atoms with E-state index < -0.39 is 20.6 Å². The number of hydrogen-bond donors (Lipinski definition) is 1. The second-order valence-corrected chi connectivity index (χ2v) is 11.6. The number of aliphatic carboxylic acids is 1. The Labute approximate surface area is 202 Å². The van der Waals surface area contributed by atoms with Gasteiger partial charge in [-0.1, -0.05) is 30.0 Å². The van der Waals surface area contributed by atoms with Crippen LogP contribution in [0.3, 0.4) is 0 Å². The van der Waals surface area contributed by atoms with Crippen LogP contribution in [-0.2, 0) is 14.6 Å². The van der Waals surface area contributed by atoms with Crippen LogP contribution in [-0.4, -0.2) is 69.1 Å². The van der Waals surface area contributed by atoms with E-state index in [2.05, 4.69) is 52.0 Å². The average molecular weight is 481 g/mol. The molecule has 0 amide bonds. The second-order valence-electron chi connectivity index (χ2n) is 9.11. The summed E-state index contributed by atoms with van der Waals surface area (Å²) in [7, 11) is 0.314. The lowest BCUT2D eigenvalue weighted by atomic mass is 9.98. The number of benzene rings is 2. The van der Waals surface area contributed by atoms with Gasteiger partial charge in [0.15, 0.2) is 14.6 Å². The molecule has 1 N–H and O–H groups in total. The molecule has 180 valence electrons. The van der Waals surface area contributed by atoms with E-state index in [1.807, 2.05) is 38.4 Å². The molecule has 6 nitrogen and oxygen atoms in total. The highest BCUT2D eigenvalue weighted by Gasteiger charge is 2.43. The molecule has 7 heteroatoms. The Morgan fingerprint density at radius 2 is 1.62 bits per heavy atom. The van der Waals surface area contributed by atoms with Gasteiger partial charge in [-0.25, -0.2) is 8.42 Å². The maximum atomic E-state index is 12.0. The standard InChI is InChI=1S/C27H32N2O4S/c1-27(26(30)31,34(4,32)33)17-20-29-18-15-24(16-19-29)23-11-7-21(8-12-23)5-6-22-9-13-25(14-10-22)28(2)3/h7-15H,16-20H2,1-4H3,(H,30,31). The number of sulfone groups is 1. The maximum absolute atomic E-state index is 12.0. The lowest BCUT2D eigenvalue weighted by Crippen LogP contribution is -2.46. The zero-order chi connectivity index (χ0) is 24.9. The lowest BCUT2D eigenvalue weighted by molar-refractivity contribution is -0.139. The van der Waals surface area contributed by atoms with Crippen molar-refractivity contribution in [2.75, 3.05) is 44.9 Å². The van der Waals surface area contributed by atoms with E-state index in [-0.39, 0.29) is 6.42 Å². The third kappa shape index (κ3) is 6.07. The molecule has 1 aliphatic heterocycles. The summed E-state index contributed by atoms with van der Waals surface area (Å²) in [6, 6.07) is 16.3. The lowest BCUT2D eigenvalue weighted by Gasteiger charge is -2.30. The zero-order valence-corrected chi connectivity index (χ0v) is 21.0. The number of carboxylic acid groups (broad SMARTS) is 1. The zero-order valence-electron chi connectivity index (χ0n) is 20.2. The summed E-state index contributed by atoms with van der Waals surface area (Å²) in [5, 5.41) is 9.42. The van der Waals surface area contributed by atoms with E-state index in [1.54, 1.807) is 0 Å². The van der Waals surface area contributed by atoms with Gasteiger partial charge in [-0.05, 0) is 67.3 Å². The van der Waals surface area contributed by atoms with Gasteiger partial charge in [0.05, 0.1) is 0 Å². The molecule has 3 rings (SSSR count). The van der Waals surface area contributed by atoms with Crippen LogP contribution >= 0.6 is 0 Å². The summed E-state index contributed by atoms with van der Waals surface area (Å²) in [6.45, 7) is 3.14. The van der Waals surface area contributed by atoms with E-state index in [0.29, 0.717) is 13.1 Å². The van der Waals surface area contributed by atoms with Crippen LogP contribution in [0, 0.1) is 11.8 Å². The molecule has 0 radical (unpaired) electrons. The van der Waals surface area contributed by atoms with Crippen LogP contribution in [0.25, 0.3) is 5.57 Å². The van der Waals surface area contributed by atoms with Crippen molar-refractivity contribution in [3.8, 4) is 11.8 Å². The van der Waals surface area contributed by atoms with Crippen molar-refractivity contribution >= 4 is 27.1 Å². The molecule has 0 saturated carbocycles. The molecular formula is C27H32N2O4S. The minimum absolute atomic E-state index is 0.0651. The molecule has 0 fully saturated rings. The maximum Gasteiger partial charge on any atom is 0.324 e. The fourth-order valence-corrected chi connectivity index (χ4v) is 4.53. The first kappa shape index (κ1) is 25.5. The van der Waals surface area contributed by atoms with Crippen LogP contribution in [0.4, 0.5) is 5.69 Å². The van der Waals surface area contributed by atoms with Gasteiger partial charge in [-0.3, -0.25) is 9.69 Å². The molecule has 2 aromatic rings. The number of hydrogen-bond acceptors (Lipinski definition) is 5. The number of anilines is 1. The van der Waals surface area contributed by atoms with Gasteiger partial charge in [-0.2, -0.15) is 0 Å². The third-order valence-corrected chi connectivity index (χ3v) is 8.48. The fraction of sp³-hybridized carbons (Fsp3) is 0.370. The molecule has 1 aliphatic rings. The molecule has 0 aliphatic carbocycles. The first-order valence-electron chi connectivity index (χ1n) is 11.2. The summed E-state index contributed by atoms with van der Waals surface area (Å²) < 4.78 is 22.2. The smallest absolute Gasteiger partial charge is 0.324 e. The normalized spacial score (nSPS) is 16.1. The fourth-order valence-electron chi connectivity index (χ4n) is 3.75. The van der Waals surface area contributed by atoms with Crippen molar-refractivity contribution in [2.45, 2.75) is 24.5 Å². The van der Waals surface area contributed by atoms with Crippen molar-refractivity contribution in [1.82, 2.24) is 4.90 Å². The Morgan fingerprint density at radius 3 is 2.06 bits per heavy atom. The van der Waals surface area contributed by atoms with Crippen molar-refractivity contribution < 1.29 is 18.3 Å². The molecule has 1 atom stereocenters. The van der Waals surface area contributed by atoms with E-state index in [4.69, 9.17) is 0 Å². The molecule has 34 heavy (non-hydrogen) atoms. The van der Waals surface area contributed by atoms with Crippen LogP contribution in [0.1, 0.15) is 36.5 Å². The van der Waals surface area contributed by atoms with Crippen LogP contribution in [0.2, 0.25) is 0 Å². The SMILES string of the molecule is CN(C)c1ccc(C#Cc2ccc(C3=CCN(CCC(C)(C(=O)O)S(C)(=O)=O)CC3)cc2)cc1. The van der Waals surface area contributed by atoms with Gasteiger partial charge in [-0.15, -0.1) is 0 Å². The molecule has 0 bridgehead atoms. The molecule has 2 aromatic carbocycles. The highest BCUT2D eigenvalue weighted by atomic mass is 32.2. The second kappa shape index (κ2) is 10.5. The summed E-state index contributed by atoms with van der Waals surface area (Å²) in [6.07, 6.45) is 4.01. The van der Waals surface area contributed by atoms with Crippen LogP contribution in [0.15, 0.2) is 54.6 Å². The van der Waals surface area contributed by atoms with Gasteiger partial charge in [0.1, 0.15) is 0 Å². The Balaban J connectivity index is 1.60. The molecule has 0 saturated heterocycles. The number of carboxylic acids is 1. The molecular weight excluding hydrogens is 448 g/mol. The number of nitrogens with zero attached hydrogens (tertiary/aromatic N) is 2. The van der Waals surface area contributed by atoms with Gasteiger partial charge in [0, 0.05) is 56.8 Å². The van der Waals surface area contributed by atoms with Gasteiger partial charge in [0.25, 0.3) is 0 Å². The average Bonchev–Trinajstić information content (AvgIpc) is 2.81. The third-order valence-electron chi connectivity index (χ3n) is 6.46. The van der Waals surface area contributed by atoms with Gasteiger partial charge in [0.2, 0.25) is 0 Å². The van der Waals surface area contributed by atoms with Crippen molar-refractivity contribution in [3.63, 3.8) is 0 Å². The summed E-state index contributed by atoms with van der Waals surface area (Å²) in [5.74, 6) is 5.12. The minimum atomic E-state index is -3.71. The predicted molar refractivity (Wildman–Crippen MR) is 138 cm³/mol. The first-order valence-corrected chi connectivity index (χ1v) is 13.1. The molecule has 0 aromatic heterocycles. The molecule has 0 spiro atoms. The Morgan fingerprint density at radius 1 is 1.06 bits per heavy atom. The predicted octanol–water partition coefficient (Wildman–Crippen LogP) is 3.52. The van der Waals surface area contributed by atoms with Crippen LogP contribution in [0.5, 0.6) is 0 Å². The van der Waals surface area contributed by atoms with Crippen molar-refractivity contribution in [2.24, 2.45) is 0 Å². The molecule has 1 heterocycles. The first-order chi connectivity index (χ1) is 16.0. The monoisotopic (exact) mass is 480 g/mol. The van der Waals surface area contributed by atoms with E-state index in [9.17, 15) is 18.3 Å². The van der Waals surface area contributed by atoms with Crippen molar-refractivity contribution in [3.05, 3.63) is 71.3 Å². The largest absolute Gasteiger partial charge is 0.480 e. The topological polar surface area (TPSA) is 77.9 Å². The minimum Gasteiger partial charge on any atom is -0.480 e. The highest BCUT2D eigenvalue weighted by Crippen LogP contribution is 2.25. The van der Waals surface area contributed by atoms with Gasteiger partial charge >= 0.3 is 5.97 Å².